The first kappa shape index (κ1) is 22.2. The van der Waals surface area contributed by atoms with Crippen molar-refractivity contribution in [3.05, 3.63) is 53.6 Å². The monoisotopic (exact) mass is 410 g/mol. The highest BCUT2D eigenvalue weighted by atomic mass is 16.5. The average Bonchev–Trinajstić information content (AvgIpc) is 2.72. The molecule has 3 rings (SSSR count). The third kappa shape index (κ3) is 5.54. The van der Waals surface area contributed by atoms with Crippen molar-refractivity contribution < 1.29 is 14.3 Å². The van der Waals surface area contributed by atoms with Gasteiger partial charge in [0.1, 0.15) is 11.9 Å². The van der Waals surface area contributed by atoms with Gasteiger partial charge in [0, 0.05) is 25.8 Å². The minimum Gasteiger partial charge on any atom is -0.484 e. The number of likely N-dealkylation sites (N-methyl/N-ethyl adjacent to an activating group) is 1. The Morgan fingerprint density at radius 2 is 1.93 bits per heavy atom. The molecule has 0 fully saturated rings. The van der Waals surface area contributed by atoms with E-state index in [1.807, 2.05) is 18.2 Å². The number of anilines is 2. The van der Waals surface area contributed by atoms with Gasteiger partial charge in [-0.1, -0.05) is 45.0 Å². The van der Waals surface area contributed by atoms with Gasteiger partial charge in [-0.15, -0.1) is 0 Å². The molecule has 1 amide bonds. The quantitative estimate of drug-likeness (QED) is 0.713. The summed E-state index contributed by atoms with van der Waals surface area (Å²) in [4.78, 5) is 14.8. The molecule has 0 radical (unpaired) electrons. The summed E-state index contributed by atoms with van der Waals surface area (Å²) in [5.41, 5.74) is 4.44. The van der Waals surface area contributed by atoms with E-state index in [9.17, 15) is 4.79 Å². The number of amides is 1. The Hall–Kier alpha value is -2.53. The fourth-order valence-corrected chi connectivity index (χ4v) is 3.73. The van der Waals surface area contributed by atoms with E-state index < -0.39 is 0 Å². The predicted molar refractivity (Wildman–Crippen MR) is 123 cm³/mol. The first-order valence-electron chi connectivity index (χ1n) is 10.7. The van der Waals surface area contributed by atoms with E-state index in [-0.39, 0.29) is 17.4 Å². The molecule has 2 aromatic rings. The number of nitrogens with zero attached hydrogens (tertiary/aromatic N) is 1. The molecule has 1 N–H and O–H groups in total. The Labute approximate surface area is 180 Å². The van der Waals surface area contributed by atoms with Gasteiger partial charge in [0.2, 0.25) is 5.91 Å². The van der Waals surface area contributed by atoms with Crippen molar-refractivity contribution in [1.29, 1.82) is 0 Å². The molecule has 0 bridgehead atoms. The average molecular weight is 411 g/mol. The number of hydrogen-bond acceptors (Lipinski definition) is 4. The molecule has 1 atom stereocenters. The lowest BCUT2D eigenvalue weighted by atomic mass is 9.86. The number of rotatable bonds is 7. The standard InChI is InChI=1S/C25H34N2O3/c1-6-27-16-21(17-29-5)30-23-13-12-20(15-22(23)27)26-24(28)14-9-18-7-10-19(11-8-18)25(2,3)4/h7-8,10-13,15,21H,6,9,14,16-17H2,1-5H3,(H,26,28). The topological polar surface area (TPSA) is 50.8 Å². The minimum atomic E-state index is 0.0203. The molecule has 5 heteroatoms. The second kappa shape index (κ2) is 9.52. The van der Waals surface area contributed by atoms with Crippen molar-refractivity contribution in [2.75, 3.05) is 37.0 Å². The Balaban J connectivity index is 1.59. The highest BCUT2D eigenvalue weighted by Crippen LogP contribution is 2.35. The van der Waals surface area contributed by atoms with Crippen LogP contribution >= 0.6 is 0 Å². The van der Waals surface area contributed by atoms with Crippen LogP contribution in [0.25, 0.3) is 0 Å². The van der Waals surface area contributed by atoms with Gasteiger partial charge >= 0.3 is 0 Å². The summed E-state index contributed by atoms with van der Waals surface area (Å²) in [6, 6.07) is 14.4. The number of fused-ring (bicyclic) bond motifs is 1. The normalized spacial score (nSPS) is 16.0. The van der Waals surface area contributed by atoms with E-state index in [4.69, 9.17) is 9.47 Å². The summed E-state index contributed by atoms with van der Waals surface area (Å²) in [5.74, 6) is 0.856. The molecule has 0 saturated carbocycles. The van der Waals surface area contributed by atoms with Gasteiger partial charge in [-0.25, -0.2) is 0 Å². The maximum Gasteiger partial charge on any atom is 0.224 e. The van der Waals surface area contributed by atoms with Gasteiger partial charge in [0.15, 0.2) is 0 Å². The highest BCUT2D eigenvalue weighted by Gasteiger charge is 2.25. The van der Waals surface area contributed by atoms with Gasteiger partial charge in [-0.05, 0) is 48.1 Å². The molecule has 0 spiro atoms. The summed E-state index contributed by atoms with van der Waals surface area (Å²) in [6.07, 6.45) is 1.20. The Kier molecular flexibility index (Phi) is 7.03. The van der Waals surface area contributed by atoms with Gasteiger partial charge in [0.25, 0.3) is 0 Å². The van der Waals surface area contributed by atoms with Crippen LogP contribution in [-0.2, 0) is 21.4 Å². The summed E-state index contributed by atoms with van der Waals surface area (Å²) in [5, 5.41) is 3.03. The second-order valence-electron chi connectivity index (χ2n) is 8.91. The maximum atomic E-state index is 12.5. The van der Waals surface area contributed by atoms with Crippen molar-refractivity contribution in [3.8, 4) is 5.75 Å². The molecule has 0 saturated heterocycles. The summed E-state index contributed by atoms with van der Waals surface area (Å²) < 4.78 is 11.3. The number of methoxy groups -OCH3 is 1. The number of carbonyl (C=O) groups excluding carboxylic acids is 1. The molecular formula is C25H34N2O3. The summed E-state index contributed by atoms with van der Waals surface area (Å²) >= 11 is 0. The fourth-order valence-electron chi connectivity index (χ4n) is 3.73. The number of ether oxygens (including phenoxy) is 2. The number of hydrogen-bond donors (Lipinski definition) is 1. The van der Waals surface area contributed by atoms with Crippen molar-refractivity contribution in [1.82, 2.24) is 0 Å². The van der Waals surface area contributed by atoms with Crippen molar-refractivity contribution in [2.24, 2.45) is 0 Å². The number of aryl methyl sites for hydroxylation is 1. The van der Waals surface area contributed by atoms with Crippen molar-refractivity contribution >= 4 is 17.3 Å². The lowest BCUT2D eigenvalue weighted by Gasteiger charge is -2.35. The van der Waals surface area contributed by atoms with E-state index in [1.165, 1.54) is 11.1 Å². The van der Waals surface area contributed by atoms with Crippen LogP contribution in [0.1, 0.15) is 45.2 Å². The zero-order valence-corrected chi connectivity index (χ0v) is 18.8. The maximum absolute atomic E-state index is 12.5. The highest BCUT2D eigenvalue weighted by molar-refractivity contribution is 5.91. The molecule has 1 aliphatic rings. The lowest BCUT2D eigenvalue weighted by Crippen LogP contribution is -2.42. The van der Waals surface area contributed by atoms with Crippen LogP contribution in [-0.4, -0.2) is 38.8 Å². The largest absolute Gasteiger partial charge is 0.484 e. The lowest BCUT2D eigenvalue weighted by molar-refractivity contribution is -0.116. The van der Waals surface area contributed by atoms with E-state index in [0.717, 1.165) is 36.6 Å². The minimum absolute atomic E-state index is 0.0203. The molecule has 5 nitrogen and oxygen atoms in total. The first-order valence-corrected chi connectivity index (χ1v) is 10.7. The predicted octanol–water partition coefficient (Wildman–Crippen LogP) is 4.79. The summed E-state index contributed by atoms with van der Waals surface area (Å²) in [7, 11) is 1.69. The number of nitrogens with one attached hydrogen (secondary N) is 1. The molecular weight excluding hydrogens is 376 g/mol. The van der Waals surface area contributed by atoms with Crippen LogP contribution < -0.4 is 15.0 Å². The van der Waals surface area contributed by atoms with Crippen molar-refractivity contribution in [2.45, 2.75) is 52.1 Å². The van der Waals surface area contributed by atoms with Crippen LogP contribution in [0.3, 0.4) is 0 Å². The van der Waals surface area contributed by atoms with E-state index in [2.05, 4.69) is 62.2 Å². The van der Waals surface area contributed by atoms with Gasteiger partial charge in [-0.3, -0.25) is 4.79 Å². The smallest absolute Gasteiger partial charge is 0.224 e. The zero-order chi connectivity index (χ0) is 21.7. The van der Waals surface area contributed by atoms with E-state index >= 15 is 0 Å². The molecule has 1 heterocycles. The third-order valence-corrected chi connectivity index (χ3v) is 5.50. The Bertz CT molecular complexity index is 856. The molecule has 162 valence electrons. The van der Waals surface area contributed by atoms with Gasteiger partial charge in [0.05, 0.1) is 18.8 Å². The fraction of sp³-hybridized carbons (Fsp3) is 0.480. The Morgan fingerprint density at radius 1 is 1.20 bits per heavy atom. The van der Waals surface area contributed by atoms with E-state index in [1.54, 1.807) is 7.11 Å². The van der Waals surface area contributed by atoms with Crippen LogP contribution in [0.15, 0.2) is 42.5 Å². The third-order valence-electron chi connectivity index (χ3n) is 5.50. The van der Waals surface area contributed by atoms with Crippen LogP contribution in [0.2, 0.25) is 0 Å². The first-order chi connectivity index (χ1) is 14.3. The van der Waals surface area contributed by atoms with Crippen molar-refractivity contribution in [3.63, 3.8) is 0 Å². The SMILES string of the molecule is CCN1CC(COC)Oc2ccc(NC(=O)CCc3ccc(C(C)(C)C)cc3)cc21. The van der Waals surface area contributed by atoms with Gasteiger partial charge < -0.3 is 19.7 Å². The molecule has 1 aliphatic heterocycles. The summed E-state index contributed by atoms with van der Waals surface area (Å²) in [6.45, 7) is 10.9. The number of benzene rings is 2. The van der Waals surface area contributed by atoms with Crippen LogP contribution in [0.5, 0.6) is 5.75 Å². The Morgan fingerprint density at radius 3 is 2.57 bits per heavy atom. The van der Waals surface area contributed by atoms with E-state index in [0.29, 0.717) is 13.0 Å². The molecule has 2 aromatic carbocycles. The van der Waals surface area contributed by atoms with Gasteiger partial charge in [-0.2, -0.15) is 0 Å². The number of carbonyl (C=O) groups is 1. The molecule has 0 aliphatic carbocycles. The van der Waals surface area contributed by atoms with Crippen LogP contribution in [0.4, 0.5) is 11.4 Å². The molecule has 1 unspecified atom stereocenters. The second-order valence-corrected chi connectivity index (χ2v) is 8.91. The van der Waals surface area contributed by atoms with Crippen LogP contribution in [0, 0.1) is 0 Å². The molecule has 30 heavy (non-hydrogen) atoms. The molecule has 0 aromatic heterocycles. The zero-order valence-electron chi connectivity index (χ0n) is 18.8.